The quantitative estimate of drug-likeness (QED) is 0.732. The number of carboxylic acid groups (broad SMARTS) is 1. The summed E-state index contributed by atoms with van der Waals surface area (Å²) in [7, 11) is 0. The van der Waals surface area contributed by atoms with Crippen LogP contribution in [0.25, 0.3) is 0 Å². The number of carboxylic acids is 1. The van der Waals surface area contributed by atoms with Gasteiger partial charge in [-0.15, -0.1) is 0 Å². The van der Waals surface area contributed by atoms with Gasteiger partial charge >= 0.3 is 18.2 Å². The Labute approximate surface area is 155 Å². The molecule has 0 unspecified atom stereocenters. The van der Waals surface area contributed by atoms with E-state index in [1.165, 1.54) is 4.90 Å². The molecule has 27 heavy (non-hydrogen) atoms. The molecule has 1 aliphatic heterocycles. The summed E-state index contributed by atoms with van der Waals surface area (Å²) in [6.45, 7) is 4.51. The monoisotopic (exact) mass is 388 g/mol. The summed E-state index contributed by atoms with van der Waals surface area (Å²) in [5, 5.41) is 21.8. The molecule has 2 rings (SSSR count). The molecule has 6 nitrogen and oxygen atoms in total. The number of benzene rings is 1. The fourth-order valence-electron chi connectivity index (χ4n) is 3.28. The lowest BCUT2D eigenvalue weighted by molar-refractivity contribution is -0.137. The number of carbonyl (C=O) groups excluding carboxylic acids is 1. The smallest absolute Gasteiger partial charge is 0.416 e. The minimum Gasteiger partial charge on any atom is -0.478 e. The van der Waals surface area contributed by atoms with Gasteiger partial charge in [-0.25, -0.2) is 9.59 Å². The molecule has 1 aromatic carbocycles. The second-order valence-corrected chi connectivity index (χ2v) is 7.34. The van der Waals surface area contributed by atoms with Gasteiger partial charge in [-0.1, -0.05) is 13.8 Å². The first-order valence-corrected chi connectivity index (χ1v) is 8.63. The second-order valence-electron chi connectivity index (χ2n) is 7.34. The Morgan fingerprint density at radius 3 is 2.30 bits per heavy atom. The van der Waals surface area contributed by atoms with Gasteiger partial charge in [-0.05, 0) is 43.4 Å². The van der Waals surface area contributed by atoms with Gasteiger partial charge in [0.1, 0.15) is 0 Å². The highest BCUT2D eigenvalue weighted by atomic mass is 19.4. The van der Waals surface area contributed by atoms with E-state index in [1.807, 2.05) is 13.8 Å². The molecule has 1 heterocycles. The number of hydrogen-bond acceptors (Lipinski definition) is 3. The number of nitrogens with zero attached hydrogens (tertiary/aromatic N) is 1. The van der Waals surface area contributed by atoms with E-state index in [2.05, 4.69) is 5.32 Å². The molecule has 0 atom stereocenters. The molecular weight excluding hydrogens is 365 g/mol. The molecule has 9 heteroatoms. The number of halogens is 3. The van der Waals surface area contributed by atoms with Crippen LogP contribution in [-0.4, -0.2) is 45.8 Å². The van der Waals surface area contributed by atoms with Crippen LogP contribution in [0.3, 0.4) is 0 Å². The zero-order chi connectivity index (χ0) is 20.4. The summed E-state index contributed by atoms with van der Waals surface area (Å²) in [6.07, 6.45) is -3.37. The number of anilines is 1. The summed E-state index contributed by atoms with van der Waals surface area (Å²) in [6, 6.07) is 1.57. The first kappa shape index (κ1) is 21.0. The van der Waals surface area contributed by atoms with Crippen LogP contribution in [0.2, 0.25) is 0 Å². The first-order valence-electron chi connectivity index (χ1n) is 8.63. The number of rotatable bonds is 4. The molecule has 0 radical (unpaired) electrons. The van der Waals surface area contributed by atoms with Crippen LogP contribution in [0.5, 0.6) is 0 Å². The van der Waals surface area contributed by atoms with Crippen molar-refractivity contribution in [1.82, 2.24) is 4.90 Å². The largest absolute Gasteiger partial charge is 0.478 e. The number of aromatic carboxylic acids is 1. The van der Waals surface area contributed by atoms with Crippen LogP contribution in [-0.2, 0) is 6.18 Å². The van der Waals surface area contributed by atoms with E-state index in [9.17, 15) is 27.9 Å². The van der Waals surface area contributed by atoms with Crippen molar-refractivity contribution >= 4 is 17.7 Å². The van der Waals surface area contributed by atoms with Crippen LogP contribution in [0.15, 0.2) is 18.2 Å². The van der Waals surface area contributed by atoms with E-state index in [1.54, 1.807) is 0 Å². The molecule has 1 aliphatic rings. The molecule has 1 saturated heterocycles. The second kappa shape index (κ2) is 7.75. The predicted molar refractivity (Wildman–Crippen MR) is 92.6 cm³/mol. The maximum atomic E-state index is 12.9. The third-order valence-corrected chi connectivity index (χ3v) is 4.53. The van der Waals surface area contributed by atoms with Crippen molar-refractivity contribution in [1.29, 1.82) is 0 Å². The minimum absolute atomic E-state index is 0.241. The summed E-state index contributed by atoms with van der Waals surface area (Å²) >= 11 is 0. The van der Waals surface area contributed by atoms with Crippen molar-refractivity contribution in [3.63, 3.8) is 0 Å². The number of aliphatic hydroxyl groups is 1. The maximum Gasteiger partial charge on any atom is 0.416 e. The van der Waals surface area contributed by atoms with Crippen molar-refractivity contribution < 1.29 is 33.0 Å². The predicted octanol–water partition coefficient (Wildman–Crippen LogP) is 3.81. The van der Waals surface area contributed by atoms with Gasteiger partial charge < -0.3 is 20.4 Å². The number of nitrogens with one attached hydrogen (secondary N) is 1. The van der Waals surface area contributed by atoms with Crippen molar-refractivity contribution in [3.05, 3.63) is 29.3 Å². The fourth-order valence-corrected chi connectivity index (χ4v) is 3.28. The average molecular weight is 388 g/mol. The normalized spacial score (nSPS) is 17.1. The van der Waals surface area contributed by atoms with Crippen LogP contribution < -0.4 is 5.32 Å². The molecule has 0 aliphatic carbocycles. The first-order chi connectivity index (χ1) is 12.4. The molecule has 1 aromatic rings. The molecular formula is C18H23F3N2O4. The number of likely N-dealkylation sites (tertiary alicyclic amines) is 1. The summed E-state index contributed by atoms with van der Waals surface area (Å²) in [5.41, 5.74) is -2.81. The Morgan fingerprint density at radius 2 is 1.81 bits per heavy atom. The maximum absolute atomic E-state index is 12.9. The zero-order valence-corrected chi connectivity index (χ0v) is 15.1. The number of alkyl halides is 3. The van der Waals surface area contributed by atoms with Gasteiger partial charge in [0.2, 0.25) is 0 Å². The molecule has 0 saturated carbocycles. The van der Waals surface area contributed by atoms with Crippen LogP contribution >= 0.6 is 0 Å². The highest BCUT2D eigenvalue weighted by Gasteiger charge is 2.35. The number of carbonyl (C=O) groups is 2. The number of hydrogen-bond donors (Lipinski definition) is 3. The van der Waals surface area contributed by atoms with Crippen molar-refractivity contribution in [2.75, 3.05) is 18.4 Å². The Hall–Kier alpha value is -2.29. The summed E-state index contributed by atoms with van der Waals surface area (Å²) in [4.78, 5) is 24.8. The average Bonchev–Trinajstić information content (AvgIpc) is 2.53. The zero-order valence-electron chi connectivity index (χ0n) is 15.1. The topological polar surface area (TPSA) is 89.9 Å². The highest BCUT2D eigenvalue weighted by molar-refractivity contribution is 5.93. The lowest BCUT2D eigenvalue weighted by Gasteiger charge is -2.39. The highest BCUT2D eigenvalue weighted by Crippen LogP contribution is 2.33. The van der Waals surface area contributed by atoms with E-state index < -0.39 is 34.9 Å². The standard InChI is InChI=1S/C18H23F3N2O4/c1-11(2)10-17(27)3-5-23(6-4-17)16(26)22-14-8-12(15(24)25)7-13(9-14)18(19,20)21/h7-9,11,27H,3-6,10H2,1-2H3,(H,22,26)(H,24,25). The summed E-state index contributed by atoms with van der Waals surface area (Å²) < 4.78 is 38.8. The van der Waals surface area contributed by atoms with Gasteiger partial charge in [0.25, 0.3) is 0 Å². The van der Waals surface area contributed by atoms with Gasteiger partial charge in [0.15, 0.2) is 0 Å². The third-order valence-electron chi connectivity index (χ3n) is 4.53. The van der Waals surface area contributed by atoms with E-state index >= 15 is 0 Å². The van der Waals surface area contributed by atoms with E-state index in [4.69, 9.17) is 5.11 Å². The summed E-state index contributed by atoms with van der Waals surface area (Å²) in [5.74, 6) is -1.22. The molecule has 0 spiro atoms. The number of amides is 2. The Bertz CT molecular complexity index is 711. The molecule has 1 fully saturated rings. The van der Waals surface area contributed by atoms with Crippen LogP contribution in [0.4, 0.5) is 23.7 Å². The van der Waals surface area contributed by atoms with Gasteiger partial charge in [-0.3, -0.25) is 0 Å². The Balaban J connectivity index is 2.10. The van der Waals surface area contributed by atoms with Gasteiger partial charge in [0, 0.05) is 18.8 Å². The number of piperidine rings is 1. The Morgan fingerprint density at radius 1 is 1.22 bits per heavy atom. The van der Waals surface area contributed by atoms with E-state index in [0.717, 1.165) is 6.07 Å². The fraction of sp³-hybridized carbons (Fsp3) is 0.556. The van der Waals surface area contributed by atoms with E-state index in [-0.39, 0.29) is 18.8 Å². The molecule has 2 amide bonds. The molecule has 150 valence electrons. The van der Waals surface area contributed by atoms with Gasteiger partial charge in [0.05, 0.1) is 16.7 Å². The lowest BCUT2D eigenvalue weighted by Crippen LogP contribution is -2.48. The number of urea groups is 1. The third kappa shape index (κ3) is 5.59. The van der Waals surface area contributed by atoms with E-state index in [0.29, 0.717) is 37.3 Å². The lowest BCUT2D eigenvalue weighted by atomic mass is 9.84. The van der Waals surface area contributed by atoms with Crippen LogP contribution in [0, 0.1) is 5.92 Å². The Kier molecular flexibility index (Phi) is 6.04. The van der Waals surface area contributed by atoms with Crippen molar-refractivity contribution in [2.45, 2.75) is 44.9 Å². The SMILES string of the molecule is CC(C)CC1(O)CCN(C(=O)Nc2cc(C(=O)O)cc(C(F)(F)F)c2)CC1. The van der Waals surface area contributed by atoms with Crippen molar-refractivity contribution in [3.8, 4) is 0 Å². The molecule has 3 N–H and O–H groups in total. The molecule has 0 aromatic heterocycles. The van der Waals surface area contributed by atoms with Gasteiger partial charge in [-0.2, -0.15) is 13.2 Å². The van der Waals surface area contributed by atoms with Crippen molar-refractivity contribution in [2.24, 2.45) is 5.92 Å². The molecule has 0 bridgehead atoms. The minimum atomic E-state index is -4.73. The van der Waals surface area contributed by atoms with Crippen LogP contribution in [0.1, 0.15) is 49.0 Å².